The summed E-state index contributed by atoms with van der Waals surface area (Å²) in [6.07, 6.45) is 7.83. The Morgan fingerprint density at radius 1 is 1.15 bits per heavy atom. The molecule has 6 rings (SSSR count). The maximum atomic E-state index is 12.0. The molecule has 2 aliphatic rings. The van der Waals surface area contributed by atoms with Gasteiger partial charge in [-0.3, -0.25) is 4.79 Å². The Kier molecular flexibility index (Phi) is 6.87. The minimum atomic E-state index is -0.568. The number of halogens is 1. The summed E-state index contributed by atoms with van der Waals surface area (Å²) in [6.45, 7) is 6.87. The lowest BCUT2D eigenvalue weighted by molar-refractivity contribution is -0.157. The Balaban J connectivity index is 1.03. The van der Waals surface area contributed by atoms with E-state index in [0.717, 1.165) is 36.5 Å². The van der Waals surface area contributed by atoms with Crippen LogP contribution in [0.15, 0.2) is 41.2 Å². The Labute approximate surface area is 236 Å². The summed E-state index contributed by atoms with van der Waals surface area (Å²) >= 11 is 6.13. The highest BCUT2D eigenvalue weighted by atomic mass is 35.5. The molecule has 12 nitrogen and oxygen atoms in total. The Morgan fingerprint density at radius 3 is 2.75 bits per heavy atom. The van der Waals surface area contributed by atoms with Gasteiger partial charge in [0.15, 0.2) is 6.73 Å². The monoisotopic (exact) mass is 563 g/mol. The van der Waals surface area contributed by atoms with Crippen molar-refractivity contribution in [3.63, 3.8) is 0 Å². The van der Waals surface area contributed by atoms with Gasteiger partial charge in [0.05, 0.1) is 22.9 Å². The predicted molar refractivity (Wildman–Crippen MR) is 147 cm³/mol. The third-order valence-electron chi connectivity index (χ3n) is 7.12. The van der Waals surface area contributed by atoms with Gasteiger partial charge in [0.2, 0.25) is 5.95 Å². The van der Waals surface area contributed by atoms with E-state index in [1.807, 2.05) is 44.0 Å². The first-order valence-corrected chi connectivity index (χ1v) is 13.6. The van der Waals surface area contributed by atoms with Crippen LogP contribution in [0, 0.1) is 5.41 Å². The van der Waals surface area contributed by atoms with Crippen LogP contribution in [0.25, 0.3) is 11.5 Å². The lowest BCUT2D eigenvalue weighted by Gasteiger charge is -2.16. The maximum absolute atomic E-state index is 12.0. The Bertz CT molecular complexity index is 1510. The van der Waals surface area contributed by atoms with Crippen molar-refractivity contribution >= 4 is 29.5 Å². The molecule has 3 aromatic heterocycles. The zero-order chi connectivity index (χ0) is 27.9. The second-order valence-electron chi connectivity index (χ2n) is 11.3. The summed E-state index contributed by atoms with van der Waals surface area (Å²) in [5.41, 5.74) is 3.47. The van der Waals surface area contributed by atoms with Crippen LogP contribution in [0.2, 0.25) is 5.02 Å². The summed E-state index contributed by atoms with van der Waals surface area (Å²) in [4.78, 5) is 23.0. The van der Waals surface area contributed by atoms with Gasteiger partial charge in [-0.2, -0.15) is 0 Å². The highest BCUT2D eigenvalue weighted by molar-refractivity contribution is 6.30. The van der Waals surface area contributed by atoms with Gasteiger partial charge in [0.1, 0.15) is 0 Å². The van der Waals surface area contributed by atoms with Crippen LogP contribution >= 0.6 is 11.6 Å². The summed E-state index contributed by atoms with van der Waals surface area (Å²) in [5, 5.41) is 21.0. The zero-order valence-electron chi connectivity index (χ0n) is 22.5. The lowest BCUT2D eigenvalue weighted by atomic mass is 9.98. The molecule has 13 heteroatoms. The molecule has 2 atom stereocenters. The summed E-state index contributed by atoms with van der Waals surface area (Å²) in [5.74, 6) is 0.773. The highest BCUT2D eigenvalue weighted by Gasteiger charge is 2.30. The first-order chi connectivity index (χ1) is 19.2. The number of carbonyl (C=O) groups is 1. The molecular weight excluding hydrogens is 534 g/mol. The number of nitrogens with one attached hydrogen (secondary N) is 1. The highest BCUT2D eigenvalue weighted by Crippen LogP contribution is 2.31. The smallest absolute Gasteiger partial charge is 0.318 e. The van der Waals surface area contributed by atoms with Gasteiger partial charge in [0.25, 0.3) is 5.89 Å². The number of fused-ring (bicyclic) bond motifs is 1. The number of hydrogen-bond acceptors (Lipinski definition) is 11. The van der Waals surface area contributed by atoms with Crippen LogP contribution < -0.4 is 10.2 Å². The summed E-state index contributed by atoms with van der Waals surface area (Å²) in [6, 6.07) is 6.69. The average molecular weight is 564 g/mol. The third kappa shape index (κ3) is 5.62. The molecule has 40 heavy (non-hydrogen) atoms. The fraction of sp³-hybridized carbons (Fsp3) is 0.444. The quantitative estimate of drug-likeness (QED) is 0.328. The van der Waals surface area contributed by atoms with Crippen LogP contribution in [-0.2, 0) is 29.1 Å². The van der Waals surface area contributed by atoms with Gasteiger partial charge in [-0.25, -0.2) is 14.6 Å². The number of anilines is 2. The van der Waals surface area contributed by atoms with Crippen molar-refractivity contribution < 1.29 is 13.9 Å². The molecule has 0 saturated carbocycles. The number of esters is 1. The van der Waals surface area contributed by atoms with Gasteiger partial charge >= 0.3 is 12.0 Å². The van der Waals surface area contributed by atoms with Crippen LogP contribution in [0.3, 0.4) is 0 Å². The van der Waals surface area contributed by atoms with Gasteiger partial charge in [-0.1, -0.05) is 28.0 Å². The zero-order valence-corrected chi connectivity index (χ0v) is 23.3. The number of ether oxygens (including phenoxy) is 1. The lowest BCUT2D eigenvalue weighted by Crippen LogP contribution is -2.24. The van der Waals surface area contributed by atoms with Crippen molar-refractivity contribution in [1.82, 2.24) is 35.2 Å². The number of nitrogens with zero attached hydrogens (tertiary/aromatic N) is 8. The van der Waals surface area contributed by atoms with Crippen molar-refractivity contribution in [1.29, 1.82) is 0 Å². The van der Waals surface area contributed by atoms with E-state index >= 15 is 0 Å². The standard InChI is InChI=1S/C27H30ClN9O3/c1-27(2,3)24(38)39-15-37-14-22(32-35-37)17-6-7-36(13-17)26-34-33-23(40-26)19-11-29-25(30-12-19)31-21-9-16-4-5-20(28)8-18(16)10-21/h4-5,8,11-12,14,17,21H,6-7,9-10,13,15H2,1-3H3,(H,29,30,31). The van der Waals surface area contributed by atoms with Crippen LogP contribution in [0.4, 0.5) is 12.0 Å². The molecule has 1 aliphatic heterocycles. The van der Waals surface area contributed by atoms with E-state index in [1.165, 1.54) is 15.8 Å². The number of aromatic nitrogens is 7. The van der Waals surface area contributed by atoms with Crippen molar-refractivity contribution in [2.45, 2.75) is 58.7 Å². The molecule has 4 heterocycles. The Hall–Kier alpha value is -4.06. The average Bonchev–Trinajstić information content (AvgIpc) is 3.72. The molecule has 1 saturated heterocycles. The van der Waals surface area contributed by atoms with Crippen molar-refractivity contribution in [2.24, 2.45) is 5.41 Å². The van der Waals surface area contributed by atoms with Crippen LogP contribution in [-0.4, -0.2) is 60.3 Å². The van der Waals surface area contributed by atoms with Gasteiger partial charge in [0, 0.05) is 42.5 Å². The predicted octanol–water partition coefficient (Wildman–Crippen LogP) is 3.89. The number of hydrogen-bond donors (Lipinski definition) is 1. The third-order valence-corrected chi connectivity index (χ3v) is 7.36. The number of benzene rings is 1. The fourth-order valence-corrected chi connectivity index (χ4v) is 5.12. The van der Waals surface area contributed by atoms with E-state index in [-0.39, 0.29) is 24.7 Å². The van der Waals surface area contributed by atoms with Crippen molar-refractivity contribution in [3.05, 3.63) is 58.6 Å². The summed E-state index contributed by atoms with van der Waals surface area (Å²) in [7, 11) is 0. The van der Waals surface area contributed by atoms with E-state index in [2.05, 4.69) is 41.9 Å². The largest absolute Gasteiger partial charge is 0.442 e. The van der Waals surface area contributed by atoms with E-state index in [9.17, 15) is 4.79 Å². The second-order valence-corrected chi connectivity index (χ2v) is 11.7. The van der Waals surface area contributed by atoms with Crippen molar-refractivity contribution in [2.75, 3.05) is 23.3 Å². The van der Waals surface area contributed by atoms with Gasteiger partial charge < -0.3 is 19.4 Å². The molecule has 208 valence electrons. The molecule has 4 aromatic rings. The maximum Gasteiger partial charge on any atom is 0.318 e. The molecule has 1 N–H and O–H groups in total. The summed E-state index contributed by atoms with van der Waals surface area (Å²) < 4.78 is 12.8. The molecule has 1 fully saturated rings. The first kappa shape index (κ1) is 26.2. The van der Waals surface area contributed by atoms with Crippen LogP contribution in [0.1, 0.15) is 49.9 Å². The van der Waals surface area contributed by atoms with Gasteiger partial charge in [-0.05, 0) is 63.3 Å². The normalized spacial score (nSPS) is 18.6. The SMILES string of the molecule is CC(C)(C)C(=O)OCn1cc(C2CCN(c3nnc(-c4cnc(NC5Cc6ccc(Cl)cc6C5)nc4)o3)C2)nn1. The molecule has 0 radical (unpaired) electrons. The van der Waals surface area contributed by atoms with Gasteiger partial charge in [-0.15, -0.1) is 10.2 Å². The number of rotatable bonds is 7. The number of carbonyl (C=O) groups excluding carboxylic acids is 1. The minimum absolute atomic E-state index is 0.0338. The molecule has 0 spiro atoms. The molecule has 2 unspecified atom stereocenters. The van der Waals surface area contributed by atoms with E-state index in [1.54, 1.807) is 12.4 Å². The second kappa shape index (κ2) is 10.5. The van der Waals surface area contributed by atoms with Crippen molar-refractivity contribution in [3.8, 4) is 11.5 Å². The molecular formula is C27H30ClN9O3. The van der Waals surface area contributed by atoms with E-state index in [4.69, 9.17) is 20.8 Å². The van der Waals surface area contributed by atoms with E-state index in [0.29, 0.717) is 30.0 Å². The van der Waals surface area contributed by atoms with E-state index < -0.39 is 5.41 Å². The molecule has 0 amide bonds. The molecule has 1 aliphatic carbocycles. The first-order valence-electron chi connectivity index (χ1n) is 13.2. The molecule has 0 bridgehead atoms. The van der Waals surface area contributed by atoms with Crippen LogP contribution in [0.5, 0.6) is 0 Å². The fourth-order valence-electron chi connectivity index (χ4n) is 4.92. The Morgan fingerprint density at radius 2 is 1.95 bits per heavy atom. The minimum Gasteiger partial charge on any atom is -0.442 e. The topological polar surface area (TPSA) is 137 Å². The molecule has 1 aromatic carbocycles.